The van der Waals surface area contributed by atoms with Crippen LogP contribution in [0.15, 0.2) is 54.6 Å². The Bertz CT molecular complexity index is 730. The number of urea groups is 1. The van der Waals surface area contributed by atoms with Gasteiger partial charge >= 0.3 is 6.03 Å². The number of nitrogens with zero attached hydrogens (tertiary/aromatic N) is 1. The summed E-state index contributed by atoms with van der Waals surface area (Å²) in [5.74, 6) is -0.626. The van der Waals surface area contributed by atoms with E-state index in [0.29, 0.717) is 12.0 Å². The quantitative estimate of drug-likeness (QED) is 0.882. The molecule has 1 N–H and O–H groups in total. The maximum atomic E-state index is 13.0. The third-order valence-electron chi connectivity index (χ3n) is 4.23. The van der Waals surface area contributed by atoms with Crippen molar-refractivity contribution in [1.82, 2.24) is 10.2 Å². The molecule has 1 aliphatic heterocycles. The molecule has 0 unspecified atom stereocenters. The fraction of sp³-hybridized carbons (Fsp3) is 0.222. The maximum Gasteiger partial charge on any atom is 0.325 e. The zero-order valence-corrected chi connectivity index (χ0v) is 12.8. The highest BCUT2D eigenvalue weighted by Gasteiger charge is 2.50. The van der Waals surface area contributed by atoms with Gasteiger partial charge in [-0.15, -0.1) is 0 Å². The van der Waals surface area contributed by atoms with Gasteiger partial charge in [0.05, 0.1) is 6.54 Å². The Labute approximate surface area is 133 Å². The van der Waals surface area contributed by atoms with Crippen molar-refractivity contribution in [1.29, 1.82) is 0 Å². The second-order valence-electron chi connectivity index (χ2n) is 5.57. The third-order valence-corrected chi connectivity index (χ3v) is 4.23. The van der Waals surface area contributed by atoms with Crippen LogP contribution in [0.2, 0.25) is 0 Å². The van der Waals surface area contributed by atoms with E-state index in [1.54, 1.807) is 12.1 Å². The number of rotatable bonds is 4. The molecule has 3 amide bonds. The maximum absolute atomic E-state index is 13.0. The zero-order chi connectivity index (χ0) is 16.4. The molecule has 4 nitrogen and oxygen atoms in total. The lowest BCUT2D eigenvalue weighted by atomic mass is 9.87. The first-order chi connectivity index (χ1) is 11.1. The first-order valence-electron chi connectivity index (χ1n) is 7.51. The number of hydrogen-bond donors (Lipinski definition) is 1. The van der Waals surface area contributed by atoms with Crippen molar-refractivity contribution in [3.8, 4) is 0 Å². The summed E-state index contributed by atoms with van der Waals surface area (Å²) in [4.78, 5) is 26.4. The van der Waals surface area contributed by atoms with Crippen molar-refractivity contribution < 1.29 is 14.0 Å². The number of benzene rings is 2. The Kier molecular flexibility index (Phi) is 3.86. The van der Waals surface area contributed by atoms with Crippen LogP contribution in [0.3, 0.4) is 0 Å². The Morgan fingerprint density at radius 3 is 2.30 bits per heavy atom. The molecule has 1 aliphatic rings. The minimum absolute atomic E-state index is 0.125. The summed E-state index contributed by atoms with van der Waals surface area (Å²) >= 11 is 0. The molecular formula is C18H17FN2O2. The number of nitrogens with one attached hydrogen (secondary N) is 1. The molecule has 0 radical (unpaired) electrons. The molecule has 3 rings (SSSR count). The summed E-state index contributed by atoms with van der Waals surface area (Å²) in [6.45, 7) is 1.99. The molecule has 2 aromatic rings. The number of carbonyl (C=O) groups is 2. The summed E-state index contributed by atoms with van der Waals surface area (Å²) < 4.78 is 13.0. The fourth-order valence-electron chi connectivity index (χ4n) is 2.90. The second-order valence-corrected chi connectivity index (χ2v) is 5.57. The summed E-state index contributed by atoms with van der Waals surface area (Å²) in [5.41, 5.74) is 0.440. The van der Waals surface area contributed by atoms with Crippen LogP contribution in [-0.2, 0) is 16.9 Å². The largest absolute Gasteiger partial charge is 0.325 e. The molecule has 0 aromatic heterocycles. The molecular weight excluding hydrogens is 295 g/mol. The molecule has 1 atom stereocenters. The average Bonchev–Trinajstić information content (AvgIpc) is 2.83. The number of halogens is 1. The van der Waals surface area contributed by atoms with Crippen LogP contribution >= 0.6 is 0 Å². The monoisotopic (exact) mass is 312 g/mol. The molecule has 1 fully saturated rings. The summed E-state index contributed by atoms with van der Waals surface area (Å²) in [7, 11) is 0. The summed E-state index contributed by atoms with van der Waals surface area (Å²) in [5, 5.41) is 2.83. The minimum atomic E-state index is -1.03. The molecule has 0 bridgehead atoms. The molecule has 0 spiro atoms. The molecule has 5 heteroatoms. The van der Waals surface area contributed by atoms with Gasteiger partial charge in [-0.05, 0) is 29.7 Å². The van der Waals surface area contributed by atoms with Gasteiger partial charge in [-0.25, -0.2) is 9.18 Å². The van der Waals surface area contributed by atoms with Crippen molar-refractivity contribution >= 4 is 11.9 Å². The van der Waals surface area contributed by atoms with E-state index in [2.05, 4.69) is 5.32 Å². The number of hydrogen-bond acceptors (Lipinski definition) is 2. The lowest BCUT2D eigenvalue weighted by Gasteiger charge is -2.25. The topological polar surface area (TPSA) is 49.4 Å². The van der Waals surface area contributed by atoms with Crippen molar-refractivity contribution in [3.05, 3.63) is 71.5 Å². The molecule has 118 valence electrons. The van der Waals surface area contributed by atoms with Gasteiger partial charge in [-0.1, -0.05) is 49.4 Å². The fourth-order valence-corrected chi connectivity index (χ4v) is 2.90. The first-order valence-corrected chi connectivity index (χ1v) is 7.51. The van der Waals surface area contributed by atoms with E-state index in [0.717, 1.165) is 5.56 Å². The standard InChI is InChI=1S/C18H17FN2O2/c1-2-18(14-6-4-3-5-7-14)16(22)21(17(23)20-18)12-13-8-10-15(19)11-9-13/h3-11H,2,12H2,1H3,(H,20,23)/t18-/m0/s1. The molecule has 2 aromatic carbocycles. The van der Waals surface area contributed by atoms with Crippen molar-refractivity contribution in [2.24, 2.45) is 0 Å². The van der Waals surface area contributed by atoms with Gasteiger partial charge in [0.15, 0.2) is 0 Å². The number of imide groups is 1. The molecule has 1 heterocycles. The predicted molar refractivity (Wildman–Crippen MR) is 83.9 cm³/mol. The van der Waals surface area contributed by atoms with Crippen LogP contribution in [-0.4, -0.2) is 16.8 Å². The second kappa shape index (κ2) is 5.83. The molecule has 0 saturated carbocycles. The number of amides is 3. The van der Waals surface area contributed by atoms with Crippen LogP contribution < -0.4 is 5.32 Å². The molecule has 0 aliphatic carbocycles. The van der Waals surface area contributed by atoms with Gasteiger partial charge < -0.3 is 5.32 Å². The Morgan fingerprint density at radius 1 is 1.04 bits per heavy atom. The van der Waals surface area contributed by atoms with Gasteiger partial charge in [-0.2, -0.15) is 0 Å². The van der Waals surface area contributed by atoms with E-state index in [1.165, 1.54) is 17.0 Å². The SMILES string of the molecule is CC[C@@]1(c2ccccc2)NC(=O)N(Cc2ccc(F)cc2)C1=O. The first kappa shape index (κ1) is 15.2. The highest BCUT2D eigenvalue weighted by Crippen LogP contribution is 2.33. The van der Waals surface area contributed by atoms with Crippen molar-refractivity contribution in [2.75, 3.05) is 0 Å². The van der Waals surface area contributed by atoms with E-state index in [9.17, 15) is 14.0 Å². The van der Waals surface area contributed by atoms with E-state index in [-0.39, 0.29) is 18.3 Å². The smallest absolute Gasteiger partial charge is 0.319 e. The van der Waals surface area contributed by atoms with Crippen LogP contribution in [0.1, 0.15) is 24.5 Å². The highest BCUT2D eigenvalue weighted by molar-refractivity contribution is 6.07. The van der Waals surface area contributed by atoms with Crippen LogP contribution in [0.25, 0.3) is 0 Å². The van der Waals surface area contributed by atoms with Crippen molar-refractivity contribution in [2.45, 2.75) is 25.4 Å². The van der Waals surface area contributed by atoms with Crippen LogP contribution in [0, 0.1) is 5.82 Å². The van der Waals surface area contributed by atoms with E-state index >= 15 is 0 Å². The van der Waals surface area contributed by atoms with Gasteiger partial charge in [-0.3, -0.25) is 9.69 Å². The summed E-state index contributed by atoms with van der Waals surface area (Å²) in [6, 6.07) is 14.6. The molecule has 23 heavy (non-hydrogen) atoms. The molecule has 1 saturated heterocycles. The number of carbonyl (C=O) groups excluding carboxylic acids is 2. The van der Waals surface area contributed by atoms with E-state index < -0.39 is 11.6 Å². The van der Waals surface area contributed by atoms with Gasteiger partial charge in [0.2, 0.25) is 0 Å². The highest BCUT2D eigenvalue weighted by atomic mass is 19.1. The minimum Gasteiger partial charge on any atom is -0.319 e. The van der Waals surface area contributed by atoms with Gasteiger partial charge in [0.1, 0.15) is 11.4 Å². The normalized spacial score (nSPS) is 20.7. The Balaban J connectivity index is 1.91. The Morgan fingerprint density at radius 2 is 1.70 bits per heavy atom. The van der Waals surface area contributed by atoms with Crippen LogP contribution in [0.5, 0.6) is 0 Å². The third kappa shape index (κ3) is 2.59. The van der Waals surface area contributed by atoms with Crippen molar-refractivity contribution in [3.63, 3.8) is 0 Å². The Hall–Kier alpha value is -2.69. The lowest BCUT2D eigenvalue weighted by Crippen LogP contribution is -2.43. The van der Waals surface area contributed by atoms with E-state index in [1.807, 2.05) is 37.3 Å². The van der Waals surface area contributed by atoms with Crippen LogP contribution in [0.4, 0.5) is 9.18 Å². The zero-order valence-electron chi connectivity index (χ0n) is 12.8. The van der Waals surface area contributed by atoms with Gasteiger partial charge in [0, 0.05) is 0 Å². The average molecular weight is 312 g/mol. The lowest BCUT2D eigenvalue weighted by molar-refractivity contribution is -0.132. The van der Waals surface area contributed by atoms with Gasteiger partial charge in [0.25, 0.3) is 5.91 Å². The predicted octanol–water partition coefficient (Wildman–Crippen LogP) is 3.18. The summed E-state index contributed by atoms with van der Waals surface area (Å²) in [6.07, 6.45) is 0.460. The van der Waals surface area contributed by atoms with E-state index in [4.69, 9.17) is 0 Å².